The summed E-state index contributed by atoms with van der Waals surface area (Å²) >= 11 is 1.23. The monoisotopic (exact) mass is 498 g/mol. The number of rotatable bonds is 5. The zero-order valence-electron chi connectivity index (χ0n) is 19.4. The Kier molecular flexibility index (Phi) is 5.41. The van der Waals surface area contributed by atoms with Crippen LogP contribution in [0.15, 0.2) is 60.8 Å². The Labute approximate surface area is 210 Å². The minimum Gasteiger partial charge on any atom is -0.457 e. The van der Waals surface area contributed by atoms with Gasteiger partial charge in [-0.15, -0.1) is 11.3 Å². The van der Waals surface area contributed by atoms with Gasteiger partial charge in [0.1, 0.15) is 27.0 Å². The highest BCUT2D eigenvalue weighted by atomic mass is 32.1. The number of anilines is 3. The van der Waals surface area contributed by atoms with Crippen LogP contribution in [0.1, 0.15) is 34.5 Å². The van der Waals surface area contributed by atoms with Gasteiger partial charge < -0.3 is 15.4 Å². The number of benzene rings is 2. The Balaban J connectivity index is 1.35. The number of pyridine rings is 1. The number of amides is 3. The van der Waals surface area contributed by atoms with E-state index in [-0.39, 0.29) is 23.8 Å². The first-order valence-electron chi connectivity index (χ1n) is 11.7. The highest BCUT2D eigenvalue weighted by Gasteiger charge is 2.34. The largest absolute Gasteiger partial charge is 0.457 e. The number of thiophene rings is 1. The van der Waals surface area contributed by atoms with Crippen molar-refractivity contribution in [3.8, 4) is 11.5 Å². The zero-order chi connectivity index (χ0) is 24.8. The Morgan fingerprint density at radius 3 is 2.69 bits per heavy atom. The molecule has 3 amide bonds. The Hall–Kier alpha value is -4.24. The standard InChI is InChI=1S/C27H22N4O4S/c1-15-13-19(35-18-5-3-2-4-6-18)9-10-20(15)31-21-11-12-28-26-22(21)23(30-27(31)34)24(36-26)25(33)29-16-7-8-17(32)14-16/h2-6,9-13,16H,7-8,14H2,1H3,(H,29,33)(H,30,34)/t16-/m0/s1. The van der Waals surface area contributed by atoms with Crippen molar-refractivity contribution in [2.45, 2.75) is 32.2 Å². The number of nitrogens with zero attached hydrogens (tertiary/aromatic N) is 2. The molecular weight excluding hydrogens is 476 g/mol. The topological polar surface area (TPSA) is 101 Å². The van der Waals surface area contributed by atoms with E-state index in [2.05, 4.69) is 15.6 Å². The van der Waals surface area contributed by atoms with Crippen LogP contribution in [0.2, 0.25) is 0 Å². The van der Waals surface area contributed by atoms with Crippen LogP contribution in [-0.2, 0) is 4.79 Å². The minimum absolute atomic E-state index is 0.154. The van der Waals surface area contributed by atoms with E-state index in [1.165, 1.54) is 11.3 Å². The third-order valence-electron chi connectivity index (χ3n) is 6.42. The summed E-state index contributed by atoms with van der Waals surface area (Å²) in [7, 11) is 0. The molecule has 1 aliphatic carbocycles. The molecule has 0 radical (unpaired) electrons. The van der Waals surface area contributed by atoms with Gasteiger partial charge in [-0.1, -0.05) is 18.2 Å². The summed E-state index contributed by atoms with van der Waals surface area (Å²) in [6, 6.07) is 16.3. The first-order chi connectivity index (χ1) is 17.5. The average Bonchev–Trinajstić information content (AvgIpc) is 3.44. The van der Waals surface area contributed by atoms with Gasteiger partial charge in [-0.25, -0.2) is 9.78 Å². The summed E-state index contributed by atoms with van der Waals surface area (Å²) in [6.07, 6.45) is 3.11. The molecule has 0 unspecified atom stereocenters. The third-order valence-corrected chi connectivity index (χ3v) is 7.52. The fraction of sp³-hybridized carbons (Fsp3) is 0.185. The lowest BCUT2D eigenvalue weighted by molar-refractivity contribution is -0.117. The number of ether oxygens (including phenoxy) is 1. The van der Waals surface area contributed by atoms with Gasteiger partial charge in [0.05, 0.1) is 22.4 Å². The average molecular weight is 499 g/mol. The number of nitrogens with one attached hydrogen (secondary N) is 2. The quantitative estimate of drug-likeness (QED) is 0.355. The summed E-state index contributed by atoms with van der Waals surface area (Å²) in [5.74, 6) is 1.25. The first-order valence-corrected chi connectivity index (χ1v) is 12.5. The number of hydrogen-bond acceptors (Lipinski definition) is 6. The van der Waals surface area contributed by atoms with Crippen molar-refractivity contribution in [1.29, 1.82) is 0 Å². The molecule has 1 atom stereocenters. The van der Waals surface area contributed by atoms with E-state index in [0.29, 0.717) is 51.8 Å². The molecule has 180 valence electrons. The number of ketones is 1. The lowest BCUT2D eigenvalue weighted by Gasteiger charge is -2.29. The predicted molar refractivity (Wildman–Crippen MR) is 139 cm³/mol. The maximum Gasteiger partial charge on any atom is 0.331 e. The molecule has 0 saturated heterocycles. The fourth-order valence-corrected chi connectivity index (χ4v) is 5.76. The van der Waals surface area contributed by atoms with Crippen LogP contribution in [0, 0.1) is 6.92 Å². The van der Waals surface area contributed by atoms with Crippen molar-refractivity contribution in [3.63, 3.8) is 0 Å². The lowest BCUT2D eigenvalue weighted by Crippen LogP contribution is -2.36. The normalized spacial score (nSPS) is 16.8. The molecule has 1 aliphatic heterocycles. The third kappa shape index (κ3) is 3.87. The molecule has 36 heavy (non-hydrogen) atoms. The van der Waals surface area contributed by atoms with Crippen molar-refractivity contribution >= 4 is 56.3 Å². The maximum atomic E-state index is 13.4. The summed E-state index contributed by atoms with van der Waals surface area (Å²) in [6.45, 7) is 1.92. The Bertz CT molecular complexity index is 1530. The second kappa shape index (κ2) is 8.76. The summed E-state index contributed by atoms with van der Waals surface area (Å²) in [5, 5.41) is 6.58. The SMILES string of the molecule is Cc1cc(Oc2ccccc2)ccc1N1C(=O)Nc2c(C(=O)N[C@H]3CCC(=O)C3)sc3nccc1c23. The van der Waals surface area contributed by atoms with Crippen LogP contribution in [0.4, 0.5) is 21.9 Å². The summed E-state index contributed by atoms with van der Waals surface area (Å²) < 4.78 is 5.94. The zero-order valence-corrected chi connectivity index (χ0v) is 20.2. The number of urea groups is 1. The van der Waals surface area contributed by atoms with Gasteiger partial charge in [0.2, 0.25) is 0 Å². The highest BCUT2D eigenvalue weighted by Crippen LogP contribution is 2.46. The molecule has 9 heteroatoms. The van der Waals surface area contributed by atoms with Crippen LogP contribution in [0.3, 0.4) is 0 Å². The van der Waals surface area contributed by atoms with Gasteiger partial charge in [0, 0.05) is 25.1 Å². The smallest absolute Gasteiger partial charge is 0.331 e. The Morgan fingerprint density at radius 1 is 1.11 bits per heavy atom. The van der Waals surface area contributed by atoms with Crippen LogP contribution in [0.25, 0.3) is 10.2 Å². The highest BCUT2D eigenvalue weighted by molar-refractivity contribution is 7.21. The van der Waals surface area contributed by atoms with Crippen LogP contribution in [0.5, 0.6) is 11.5 Å². The van der Waals surface area contributed by atoms with E-state index in [4.69, 9.17) is 4.74 Å². The molecule has 2 aromatic carbocycles. The van der Waals surface area contributed by atoms with Crippen molar-refractivity contribution in [1.82, 2.24) is 10.3 Å². The summed E-state index contributed by atoms with van der Waals surface area (Å²) in [5.41, 5.74) is 2.67. The second-order valence-electron chi connectivity index (χ2n) is 8.90. The molecule has 2 aliphatic rings. The second-order valence-corrected chi connectivity index (χ2v) is 9.90. The first kappa shape index (κ1) is 22.2. The van der Waals surface area contributed by atoms with Crippen molar-refractivity contribution < 1.29 is 19.1 Å². The molecule has 0 bridgehead atoms. The summed E-state index contributed by atoms with van der Waals surface area (Å²) in [4.78, 5) is 45.2. The van der Waals surface area contributed by atoms with E-state index in [0.717, 1.165) is 16.7 Å². The number of Topliss-reactive ketones (excluding diaryl/α,β-unsaturated/α-hetero) is 1. The van der Waals surface area contributed by atoms with Gasteiger partial charge >= 0.3 is 6.03 Å². The number of carbonyl (C=O) groups excluding carboxylic acids is 3. The Morgan fingerprint density at radius 2 is 1.94 bits per heavy atom. The molecule has 8 nitrogen and oxygen atoms in total. The van der Waals surface area contributed by atoms with Gasteiger partial charge in [-0.2, -0.15) is 0 Å². The maximum absolute atomic E-state index is 13.4. The molecule has 2 N–H and O–H groups in total. The molecule has 6 rings (SSSR count). The minimum atomic E-state index is -0.363. The van der Waals surface area contributed by atoms with Crippen LogP contribution >= 0.6 is 11.3 Å². The fourth-order valence-electron chi connectivity index (χ4n) is 4.74. The molecule has 2 aromatic heterocycles. The number of hydrogen-bond donors (Lipinski definition) is 2. The molecule has 3 heterocycles. The van der Waals surface area contributed by atoms with E-state index in [1.807, 2.05) is 55.5 Å². The lowest BCUT2D eigenvalue weighted by atomic mass is 10.1. The molecule has 0 spiro atoms. The van der Waals surface area contributed by atoms with E-state index >= 15 is 0 Å². The number of aryl methyl sites for hydroxylation is 1. The van der Waals surface area contributed by atoms with Crippen molar-refractivity contribution in [2.24, 2.45) is 0 Å². The van der Waals surface area contributed by atoms with E-state index in [9.17, 15) is 14.4 Å². The molecule has 1 saturated carbocycles. The number of carbonyl (C=O) groups is 3. The molecule has 1 fully saturated rings. The van der Waals surface area contributed by atoms with Gasteiger partial charge in [0.15, 0.2) is 0 Å². The predicted octanol–water partition coefficient (Wildman–Crippen LogP) is 5.93. The molecular formula is C27H22N4O4S. The van der Waals surface area contributed by atoms with E-state index < -0.39 is 0 Å². The van der Waals surface area contributed by atoms with Gasteiger partial charge in [-0.3, -0.25) is 14.5 Å². The van der Waals surface area contributed by atoms with Gasteiger partial charge in [-0.05, 0) is 55.3 Å². The van der Waals surface area contributed by atoms with E-state index in [1.54, 1.807) is 17.2 Å². The van der Waals surface area contributed by atoms with Gasteiger partial charge in [0.25, 0.3) is 5.91 Å². The van der Waals surface area contributed by atoms with Crippen LogP contribution < -0.4 is 20.3 Å². The van der Waals surface area contributed by atoms with Crippen LogP contribution in [-0.4, -0.2) is 28.7 Å². The number of para-hydroxylation sites is 1. The van der Waals surface area contributed by atoms with Crippen molar-refractivity contribution in [2.75, 3.05) is 10.2 Å². The van der Waals surface area contributed by atoms with Crippen molar-refractivity contribution in [3.05, 3.63) is 71.2 Å². The molecule has 4 aromatic rings. The number of aromatic nitrogens is 1.